The number of hydrogen-bond donors (Lipinski definition) is 5. The van der Waals surface area contributed by atoms with Crippen molar-refractivity contribution >= 4 is 46.5 Å². The van der Waals surface area contributed by atoms with Gasteiger partial charge in [0.05, 0.1) is 6.54 Å². The summed E-state index contributed by atoms with van der Waals surface area (Å²) in [5.41, 5.74) is 4.50. The van der Waals surface area contributed by atoms with Gasteiger partial charge in [-0.05, 0) is 149 Å². The lowest BCUT2D eigenvalue weighted by Crippen LogP contribution is -2.53. The van der Waals surface area contributed by atoms with Gasteiger partial charge in [-0.3, -0.25) is 19.2 Å². The third kappa shape index (κ3) is 18.8. The molecule has 67 heavy (non-hydrogen) atoms. The van der Waals surface area contributed by atoms with Crippen LogP contribution in [0, 0.1) is 11.8 Å². The van der Waals surface area contributed by atoms with E-state index >= 15 is 0 Å². The van der Waals surface area contributed by atoms with E-state index in [1.165, 1.54) is 6.07 Å². The molecule has 3 aromatic rings. The number of nitrogens with zero attached hydrogens (tertiary/aromatic N) is 1. The van der Waals surface area contributed by atoms with Gasteiger partial charge in [-0.25, -0.2) is 14.4 Å². The molecular weight excluding hydrogens is 857 g/mol. The van der Waals surface area contributed by atoms with Crippen molar-refractivity contribution in [2.24, 2.45) is 17.6 Å². The highest BCUT2D eigenvalue weighted by Crippen LogP contribution is 2.31. The number of ether oxygens (including phenoxy) is 3. The molecule has 1 aromatic heterocycles. The number of aromatic amines is 1. The summed E-state index contributed by atoms with van der Waals surface area (Å²) in [7, 11) is 0. The number of hydrogen-bond acceptors (Lipinski definition) is 11. The molecule has 3 atom stereocenters. The molecule has 0 spiro atoms. The molecule has 2 aromatic carbocycles. The number of H-pyrrole nitrogens is 1. The second-order valence-electron chi connectivity index (χ2n) is 20.6. The van der Waals surface area contributed by atoms with Crippen LogP contribution < -0.4 is 27.2 Å². The van der Waals surface area contributed by atoms with E-state index in [1.54, 1.807) is 79.3 Å². The predicted octanol–water partition coefficient (Wildman–Crippen LogP) is 6.36. The molecule has 1 fully saturated rings. The number of aromatic nitrogens is 1. The molecule has 0 unspecified atom stereocenters. The summed E-state index contributed by atoms with van der Waals surface area (Å²) in [5, 5.41) is 10.3. The second-order valence-corrected chi connectivity index (χ2v) is 20.6. The monoisotopic (exact) mass is 931 g/mol. The first-order valence-corrected chi connectivity index (χ1v) is 23.6. The van der Waals surface area contributed by atoms with Crippen molar-refractivity contribution < 1.29 is 43.0 Å². The van der Waals surface area contributed by atoms with E-state index in [2.05, 4.69) is 20.9 Å². The Morgan fingerprint density at radius 2 is 1.33 bits per heavy atom. The SMILES string of the molecule is CC(C)(C)OC(=O)CC[C@H](NC(=O)N[C@@H](CCCCNC(=O)[C@H](Cc1ccc2ccccc2c1)N(Cc1cccc(=O)[nH]1)C(=O)C1CCC(CN)CC1)C(=O)OC(C)(C)C)C(=O)OC(C)(C)C. The number of pyridine rings is 1. The van der Waals surface area contributed by atoms with Gasteiger partial charge in [0.2, 0.25) is 17.4 Å². The molecule has 0 aliphatic heterocycles. The number of nitrogens with one attached hydrogen (secondary N) is 4. The summed E-state index contributed by atoms with van der Waals surface area (Å²) in [5.74, 6) is -2.53. The number of esters is 3. The van der Waals surface area contributed by atoms with Gasteiger partial charge in [0.25, 0.3) is 0 Å². The summed E-state index contributed by atoms with van der Waals surface area (Å²) in [6.45, 7) is 16.1. The van der Waals surface area contributed by atoms with Crippen molar-refractivity contribution in [3.8, 4) is 0 Å². The van der Waals surface area contributed by atoms with Crippen LogP contribution in [-0.4, -0.2) is 93.7 Å². The van der Waals surface area contributed by atoms with Crippen LogP contribution in [0.2, 0.25) is 0 Å². The Kier molecular flexibility index (Phi) is 19.5. The minimum absolute atomic E-state index is 0.0124. The zero-order chi connectivity index (χ0) is 49.5. The molecule has 6 N–H and O–H groups in total. The van der Waals surface area contributed by atoms with Crippen molar-refractivity contribution in [3.05, 3.63) is 82.3 Å². The summed E-state index contributed by atoms with van der Waals surface area (Å²) >= 11 is 0. The van der Waals surface area contributed by atoms with Gasteiger partial charge in [0.15, 0.2) is 0 Å². The van der Waals surface area contributed by atoms with E-state index in [-0.39, 0.29) is 62.1 Å². The molecule has 1 saturated carbocycles. The second kappa shape index (κ2) is 24.3. The van der Waals surface area contributed by atoms with Crippen LogP contribution in [0.15, 0.2) is 65.5 Å². The Morgan fingerprint density at radius 3 is 1.91 bits per heavy atom. The van der Waals surface area contributed by atoms with Crippen LogP contribution in [0.1, 0.15) is 131 Å². The maximum atomic E-state index is 14.6. The first-order chi connectivity index (χ1) is 31.4. The molecule has 1 aliphatic carbocycles. The molecule has 0 radical (unpaired) electrons. The first kappa shape index (κ1) is 53.8. The zero-order valence-electron chi connectivity index (χ0n) is 41.0. The van der Waals surface area contributed by atoms with E-state index in [4.69, 9.17) is 19.9 Å². The minimum atomic E-state index is -1.24. The van der Waals surface area contributed by atoms with Crippen molar-refractivity contribution in [1.29, 1.82) is 0 Å². The predicted molar refractivity (Wildman–Crippen MR) is 256 cm³/mol. The maximum Gasteiger partial charge on any atom is 0.329 e. The van der Waals surface area contributed by atoms with Gasteiger partial charge in [-0.1, -0.05) is 48.5 Å². The zero-order valence-corrected chi connectivity index (χ0v) is 41.0. The number of nitrogens with two attached hydrogens (primary N) is 1. The number of urea groups is 1. The van der Waals surface area contributed by atoms with Gasteiger partial charge < -0.3 is 45.8 Å². The highest BCUT2D eigenvalue weighted by molar-refractivity contribution is 5.90. The molecule has 0 bridgehead atoms. The van der Waals surface area contributed by atoms with Crippen molar-refractivity contribution in [3.63, 3.8) is 0 Å². The summed E-state index contributed by atoms with van der Waals surface area (Å²) in [6.07, 6.45) is 3.68. The average Bonchev–Trinajstić information content (AvgIpc) is 3.23. The Hall–Kier alpha value is -5.77. The van der Waals surface area contributed by atoms with Crippen molar-refractivity contribution in [2.75, 3.05) is 13.1 Å². The highest BCUT2D eigenvalue weighted by Gasteiger charge is 2.37. The number of fused-ring (bicyclic) bond motifs is 1. The number of benzene rings is 2. The first-order valence-electron chi connectivity index (χ1n) is 23.6. The minimum Gasteiger partial charge on any atom is -0.460 e. The van der Waals surface area contributed by atoms with E-state index in [9.17, 15) is 33.6 Å². The molecule has 4 amide bonds. The lowest BCUT2D eigenvalue weighted by Gasteiger charge is -2.36. The fourth-order valence-corrected chi connectivity index (χ4v) is 7.98. The smallest absolute Gasteiger partial charge is 0.329 e. The quantitative estimate of drug-likeness (QED) is 0.0476. The average molecular weight is 931 g/mol. The van der Waals surface area contributed by atoms with Crippen molar-refractivity contribution in [1.82, 2.24) is 25.8 Å². The highest BCUT2D eigenvalue weighted by atomic mass is 16.6. The van der Waals surface area contributed by atoms with Crippen LogP contribution >= 0.6 is 0 Å². The van der Waals surface area contributed by atoms with Gasteiger partial charge in [-0.2, -0.15) is 0 Å². The number of carbonyl (C=O) groups is 6. The van der Waals surface area contributed by atoms with E-state index in [1.807, 2.05) is 42.5 Å². The van der Waals surface area contributed by atoms with Crippen LogP contribution in [0.4, 0.5) is 4.79 Å². The fraction of sp³-hybridized carbons (Fsp3) is 0.588. The van der Waals surface area contributed by atoms with Gasteiger partial charge in [0, 0.05) is 37.1 Å². The van der Waals surface area contributed by atoms with Crippen LogP contribution in [0.25, 0.3) is 10.8 Å². The van der Waals surface area contributed by atoms with Crippen LogP contribution in [0.3, 0.4) is 0 Å². The summed E-state index contributed by atoms with van der Waals surface area (Å²) < 4.78 is 16.6. The van der Waals surface area contributed by atoms with Gasteiger partial charge >= 0.3 is 23.9 Å². The Labute approximate surface area is 395 Å². The van der Waals surface area contributed by atoms with E-state index in [0.717, 1.165) is 29.2 Å². The lowest BCUT2D eigenvalue weighted by molar-refractivity contribution is -0.159. The molecule has 1 heterocycles. The molecule has 1 aliphatic rings. The molecule has 4 rings (SSSR count). The molecule has 0 saturated heterocycles. The Morgan fingerprint density at radius 1 is 0.731 bits per heavy atom. The normalized spacial score (nSPS) is 16.7. The molecule has 16 heteroatoms. The number of amides is 4. The Balaban J connectivity index is 1.51. The topological polar surface area (TPSA) is 228 Å². The summed E-state index contributed by atoms with van der Waals surface area (Å²) in [6, 6.07) is 14.5. The molecular formula is C51H74N6O10. The summed E-state index contributed by atoms with van der Waals surface area (Å²) in [4.78, 5) is 98.7. The van der Waals surface area contributed by atoms with Crippen molar-refractivity contribution in [2.45, 2.75) is 168 Å². The lowest BCUT2D eigenvalue weighted by atomic mass is 9.81. The Bertz CT molecular complexity index is 2210. The third-order valence-electron chi connectivity index (χ3n) is 11.2. The number of unbranched alkanes of at least 4 members (excludes halogenated alkanes) is 1. The van der Waals surface area contributed by atoms with Gasteiger partial charge in [0.1, 0.15) is 34.9 Å². The van der Waals surface area contributed by atoms with Gasteiger partial charge in [-0.15, -0.1) is 0 Å². The maximum absolute atomic E-state index is 14.6. The fourth-order valence-electron chi connectivity index (χ4n) is 7.98. The van der Waals surface area contributed by atoms with E-state index in [0.29, 0.717) is 43.8 Å². The van der Waals surface area contributed by atoms with Crippen LogP contribution in [-0.2, 0) is 51.1 Å². The third-order valence-corrected chi connectivity index (χ3v) is 11.2. The molecule has 16 nitrogen and oxygen atoms in total. The number of carbonyl (C=O) groups excluding carboxylic acids is 6. The largest absolute Gasteiger partial charge is 0.460 e. The van der Waals surface area contributed by atoms with Crippen LogP contribution in [0.5, 0.6) is 0 Å². The van der Waals surface area contributed by atoms with E-state index < -0.39 is 58.9 Å². The standard InChI is InChI=1S/C51H74N6O10/c1-49(2,3)65-43(59)27-26-40(47(63)67-51(7,8)9)56-48(64)55-39(46(62)66-50(4,5)6)18-12-13-28-53-44(60)41(30-34-22-23-35-15-10-11-16-37(35)29-34)57(32-38-17-14-19-42(58)54-38)45(61)36-24-20-33(31-52)21-25-36/h10-11,14-17,19,22-23,29,33,36,39-41H,12-13,18,20-21,24-28,30-32,52H2,1-9H3,(H,53,60)(H,54,58)(H2,55,56,64)/t33?,36?,39-,40-,41-/m0/s1. The molecule has 368 valence electrons. The number of rotatable bonds is 20.